The topological polar surface area (TPSA) is 47.3 Å². The first-order valence-corrected chi connectivity index (χ1v) is 5.10. The molecule has 3 nitrogen and oxygen atoms in total. The van der Waals surface area contributed by atoms with Crippen molar-refractivity contribution < 1.29 is 17.9 Å². The molecule has 1 aliphatic heterocycles. The van der Waals surface area contributed by atoms with Crippen molar-refractivity contribution in [1.29, 1.82) is 0 Å². The van der Waals surface area contributed by atoms with E-state index in [0.717, 1.165) is 0 Å². The van der Waals surface area contributed by atoms with Crippen molar-refractivity contribution in [3.8, 4) is 0 Å². The van der Waals surface area contributed by atoms with Crippen LogP contribution in [0.15, 0.2) is 0 Å². The Morgan fingerprint density at radius 3 is 2.40 bits per heavy atom. The fraction of sp³-hybridized carbons (Fsp3) is 1.00. The van der Waals surface area contributed by atoms with Gasteiger partial charge < -0.3 is 15.8 Å². The molecule has 1 saturated carbocycles. The number of alkyl halides is 3. The van der Waals surface area contributed by atoms with E-state index in [1.165, 1.54) is 0 Å². The SMILES string of the molecule is NC1COCC1CNC1(C(F)(F)F)CC1. The van der Waals surface area contributed by atoms with Gasteiger partial charge >= 0.3 is 6.18 Å². The van der Waals surface area contributed by atoms with E-state index >= 15 is 0 Å². The second kappa shape index (κ2) is 3.61. The quantitative estimate of drug-likeness (QED) is 0.739. The average Bonchev–Trinajstić information content (AvgIpc) is 2.82. The van der Waals surface area contributed by atoms with Crippen molar-refractivity contribution in [3.63, 3.8) is 0 Å². The van der Waals surface area contributed by atoms with Crippen LogP contribution in [0, 0.1) is 5.92 Å². The van der Waals surface area contributed by atoms with Crippen LogP contribution in [-0.4, -0.2) is 37.5 Å². The largest absolute Gasteiger partial charge is 0.406 e. The van der Waals surface area contributed by atoms with E-state index in [2.05, 4.69) is 5.32 Å². The highest BCUT2D eigenvalue weighted by Gasteiger charge is 2.63. The van der Waals surface area contributed by atoms with Crippen molar-refractivity contribution in [1.82, 2.24) is 5.32 Å². The third-order valence-corrected chi connectivity index (χ3v) is 3.24. The highest BCUT2D eigenvalue weighted by molar-refractivity contribution is 5.08. The Morgan fingerprint density at radius 2 is 2.00 bits per heavy atom. The molecule has 3 N–H and O–H groups in total. The maximum atomic E-state index is 12.5. The maximum Gasteiger partial charge on any atom is 0.406 e. The molecular weight excluding hydrogens is 209 g/mol. The van der Waals surface area contributed by atoms with Gasteiger partial charge in [0, 0.05) is 18.5 Å². The van der Waals surface area contributed by atoms with E-state index in [1.807, 2.05) is 0 Å². The van der Waals surface area contributed by atoms with Gasteiger partial charge in [0.05, 0.1) is 13.2 Å². The van der Waals surface area contributed by atoms with Crippen LogP contribution in [0.25, 0.3) is 0 Å². The minimum absolute atomic E-state index is 0.00447. The highest BCUT2D eigenvalue weighted by Crippen LogP contribution is 2.48. The van der Waals surface area contributed by atoms with Gasteiger partial charge in [0.2, 0.25) is 0 Å². The third kappa shape index (κ3) is 2.11. The Morgan fingerprint density at radius 1 is 1.33 bits per heavy atom. The van der Waals surface area contributed by atoms with Crippen LogP contribution in [0.1, 0.15) is 12.8 Å². The second-order valence-electron chi connectivity index (χ2n) is 4.42. The minimum Gasteiger partial charge on any atom is -0.379 e. The summed E-state index contributed by atoms with van der Waals surface area (Å²) in [5.74, 6) is 0.00447. The molecule has 2 fully saturated rings. The van der Waals surface area contributed by atoms with E-state index in [0.29, 0.717) is 19.8 Å². The predicted octanol–water partition coefficient (Wildman–Crippen LogP) is 0.645. The van der Waals surface area contributed by atoms with Crippen molar-refractivity contribution in [2.45, 2.75) is 30.6 Å². The summed E-state index contributed by atoms with van der Waals surface area (Å²) in [6, 6.07) is -0.137. The summed E-state index contributed by atoms with van der Waals surface area (Å²) in [5, 5.41) is 2.60. The third-order valence-electron chi connectivity index (χ3n) is 3.24. The van der Waals surface area contributed by atoms with Crippen molar-refractivity contribution in [3.05, 3.63) is 0 Å². The van der Waals surface area contributed by atoms with Crippen LogP contribution in [0.5, 0.6) is 0 Å². The number of hydrogen-bond acceptors (Lipinski definition) is 3. The van der Waals surface area contributed by atoms with Crippen LogP contribution in [0.3, 0.4) is 0 Å². The van der Waals surface area contributed by atoms with Gasteiger partial charge in [-0.25, -0.2) is 0 Å². The van der Waals surface area contributed by atoms with Crippen molar-refractivity contribution in [2.24, 2.45) is 11.7 Å². The van der Waals surface area contributed by atoms with Gasteiger partial charge in [-0.05, 0) is 12.8 Å². The summed E-state index contributed by atoms with van der Waals surface area (Å²) < 4.78 is 42.7. The van der Waals surface area contributed by atoms with Gasteiger partial charge in [-0.1, -0.05) is 0 Å². The first kappa shape index (κ1) is 11.2. The Kier molecular flexibility index (Phi) is 2.68. The number of nitrogens with two attached hydrogens (primary N) is 1. The molecule has 1 heterocycles. The lowest BCUT2D eigenvalue weighted by Crippen LogP contribution is -2.48. The summed E-state index contributed by atoms with van der Waals surface area (Å²) in [7, 11) is 0. The molecule has 2 atom stereocenters. The first-order chi connectivity index (χ1) is 6.95. The Labute approximate surface area is 86.1 Å². The summed E-state index contributed by atoms with van der Waals surface area (Å²) in [4.78, 5) is 0. The van der Waals surface area contributed by atoms with E-state index in [4.69, 9.17) is 10.5 Å². The Balaban J connectivity index is 1.83. The summed E-state index contributed by atoms with van der Waals surface area (Å²) in [6.45, 7) is 1.20. The predicted molar refractivity (Wildman–Crippen MR) is 48.3 cm³/mol. The average molecular weight is 224 g/mol. The molecule has 0 radical (unpaired) electrons. The van der Waals surface area contributed by atoms with E-state index in [-0.39, 0.29) is 24.8 Å². The van der Waals surface area contributed by atoms with Crippen molar-refractivity contribution in [2.75, 3.05) is 19.8 Å². The fourth-order valence-corrected chi connectivity index (χ4v) is 1.84. The summed E-state index contributed by atoms with van der Waals surface area (Å²) >= 11 is 0. The molecule has 2 rings (SSSR count). The van der Waals surface area contributed by atoms with Gasteiger partial charge in [-0.3, -0.25) is 0 Å². The van der Waals surface area contributed by atoms with Crippen molar-refractivity contribution >= 4 is 0 Å². The fourth-order valence-electron chi connectivity index (χ4n) is 1.84. The second-order valence-corrected chi connectivity index (χ2v) is 4.42. The molecule has 6 heteroatoms. The van der Waals surface area contributed by atoms with E-state index < -0.39 is 11.7 Å². The monoisotopic (exact) mass is 224 g/mol. The molecule has 1 saturated heterocycles. The molecule has 2 aliphatic rings. The van der Waals surface area contributed by atoms with Gasteiger partial charge in [0.25, 0.3) is 0 Å². The highest BCUT2D eigenvalue weighted by atomic mass is 19.4. The summed E-state index contributed by atoms with van der Waals surface area (Å²) in [5.41, 5.74) is 4.06. The number of nitrogens with one attached hydrogen (secondary N) is 1. The molecule has 0 amide bonds. The number of hydrogen-bond donors (Lipinski definition) is 2. The lowest BCUT2D eigenvalue weighted by Gasteiger charge is -2.23. The lowest BCUT2D eigenvalue weighted by molar-refractivity contribution is -0.166. The lowest BCUT2D eigenvalue weighted by atomic mass is 10.0. The maximum absolute atomic E-state index is 12.5. The molecule has 0 spiro atoms. The molecule has 1 aliphatic carbocycles. The smallest absolute Gasteiger partial charge is 0.379 e. The summed E-state index contributed by atoms with van der Waals surface area (Å²) in [6.07, 6.45) is -3.78. The zero-order chi connectivity index (χ0) is 11.1. The minimum atomic E-state index is -4.14. The van der Waals surface area contributed by atoms with Crippen LogP contribution in [0.4, 0.5) is 13.2 Å². The van der Waals surface area contributed by atoms with E-state index in [1.54, 1.807) is 0 Å². The molecule has 0 aromatic carbocycles. The van der Waals surface area contributed by atoms with Gasteiger partial charge in [-0.2, -0.15) is 13.2 Å². The zero-order valence-electron chi connectivity index (χ0n) is 8.31. The first-order valence-electron chi connectivity index (χ1n) is 5.10. The molecule has 88 valence electrons. The zero-order valence-corrected chi connectivity index (χ0v) is 8.31. The Hall–Kier alpha value is -0.330. The standard InChI is InChI=1S/C9H15F3N2O/c10-9(11,12)8(1-2-8)14-3-6-4-15-5-7(6)13/h6-7,14H,1-5,13H2. The normalized spacial score (nSPS) is 34.4. The molecule has 0 aromatic rings. The number of halogens is 3. The number of ether oxygens (including phenoxy) is 1. The molecule has 15 heavy (non-hydrogen) atoms. The van der Waals surface area contributed by atoms with Gasteiger partial charge in [0.15, 0.2) is 0 Å². The molecule has 0 bridgehead atoms. The van der Waals surface area contributed by atoms with Crippen LogP contribution in [0.2, 0.25) is 0 Å². The molecule has 0 aromatic heterocycles. The molecule has 2 unspecified atom stereocenters. The van der Waals surface area contributed by atoms with Gasteiger partial charge in [-0.15, -0.1) is 0 Å². The van der Waals surface area contributed by atoms with Crippen LogP contribution < -0.4 is 11.1 Å². The molecular formula is C9H15F3N2O. The van der Waals surface area contributed by atoms with Gasteiger partial charge in [0.1, 0.15) is 5.54 Å². The Bertz CT molecular complexity index is 240. The van der Waals surface area contributed by atoms with Crippen LogP contribution >= 0.6 is 0 Å². The van der Waals surface area contributed by atoms with Crippen LogP contribution in [-0.2, 0) is 4.74 Å². The number of rotatable bonds is 3. The van der Waals surface area contributed by atoms with E-state index in [9.17, 15) is 13.2 Å².